The summed E-state index contributed by atoms with van der Waals surface area (Å²) in [5.74, 6) is 1.20. The second-order valence-corrected chi connectivity index (χ2v) is 4.15. The highest BCUT2D eigenvalue weighted by molar-refractivity contribution is 5.55. The Labute approximate surface area is 119 Å². The molecule has 0 aliphatic rings. The lowest BCUT2D eigenvalue weighted by Gasteiger charge is -2.01. The molecule has 0 aliphatic carbocycles. The van der Waals surface area contributed by atoms with Crippen molar-refractivity contribution in [3.63, 3.8) is 0 Å². The minimum Gasteiger partial charge on any atom is -0.338 e. The molecule has 104 valence electrons. The summed E-state index contributed by atoms with van der Waals surface area (Å²) < 4.78 is 1.62. The summed E-state index contributed by atoms with van der Waals surface area (Å²) in [4.78, 5) is 18.2. The van der Waals surface area contributed by atoms with Gasteiger partial charge in [-0.2, -0.15) is 5.10 Å². The van der Waals surface area contributed by atoms with E-state index >= 15 is 0 Å². The maximum absolute atomic E-state index is 10.6. The van der Waals surface area contributed by atoms with E-state index in [1.165, 1.54) is 18.3 Å². The second kappa shape index (κ2) is 5.37. The Morgan fingerprint density at radius 1 is 1.14 bits per heavy atom. The zero-order chi connectivity index (χ0) is 14.7. The third kappa shape index (κ3) is 2.84. The van der Waals surface area contributed by atoms with E-state index in [9.17, 15) is 10.1 Å². The number of nitrogens with zero attached hydrogens (tertiary/aromatic N) is 5. The van der Waals surface area contributed by atoms with E-state index in [1.54, 1.807) is 23.3 Å². The van der Waals surface area contributed by atoms with Crippen molar-refractivity contribution >= 4 is 17.2 Å². The van der Waals surface area contributed by atoms with Gasteiger partial charge < -0.3 is 5.32 Å². The fourth-order valence-corrected chi connectivity index (χ4v) is 1.72. The van der Waals surface area contributed by atoms with E-state index in [-0.39, 0.29) is 5.69 Å². The van der Waals surface area contributed by atoms with E-state index in [0.717, 1.165) is 0 Å². The lowest BCUT2D eigenvalue weighted by atomic mass is 10.4. The first-order valence-electron chi connectivity index (χ1n) is 6.06. The van der Waals surface area contributed by atoms with Gasteiger partial charge in [-0.1, -0.05) is 6.07 Å². The van der Waals surface area contributed by atoms with E-state index < -0.39 is 4.92 Å². The van der Waals surface area contributed by atoms with Gasteiger partial charge >= 0.3 is 0 Å². The molecule has 8 heteroatoms. The van der Waals surface area contributed by atoms with Crippen LogP contribution in [0.25, 0.3) is 5.82 Å². The lowest BCUT2D eigenvalue weighted by Crippen LogP contribution is -1.96. The van der Waals surface area contributed by atoms with Gasteiger partial charge in [0.25, 0.3) is 5.69 Å². The zero-order valence-electron chi connectivity index (χ0n) is 10.7. The van der Waals surface area contributed by atoms with Crippen LogP contribution >= 0.6 is 0 Å². The number of hydrogen-bond acceptors (Lipinski definition) is 6. The Balaban J connectivity index is 1.77. The highest BCUT2D eigenvalue weighted by Gasteiger charge is 2.06. The Hall–Kier alpha value is -3.29. The molecule has 0 saturated heterocycles. The highest BCUT2D eigenvalue weighted by atomic mass is 16.6. The standard InChI is InChI=1S/C13H10N6O2/c20-19(21)11-4-5-12(15-8-11)17-10-7-16-18(9-10)13-3-1-2-6-14-13/h1-9H,(H,15,17). The molecule has 21 heavy (non-hydrogen) atoms. The maximum atomic E-state index is 10.6. The molecule has 0 unspecified atom stereocenters. The van der Waals surface area contributed by atoms with Crippen LogP contribution in [-0.2, 0) is 0 Å². The summed E-state index contributed by atoms with van der Waals surface area (Å²) in [6.07, 6.45) is 6.26. The van der Waals surface area contributed by atoms with Crippen LogP contribution in [0.15, 0.2) is 55.1 Å². The van der Waals surface area contributed by atoms with Gasteiger partial charge in [0.1, 0.15) is 12.0 Å². The molecule has 3 rings (SSSR count). The Bertz CT molecular complexity index is 754. The van der Waals surface area contributed by atoms with Crippen molar-refractivity contribution in [2.75, 3.05) is 5.32 Å². The number of rotatable bonds is 4. The van der Waals surface area contributed by atoms with Crippen molar-refractivity contribution in [1.82, 2.24) is 19.7 Å². The molecule has 1 N–H and O–H groups in total. The highest BCUT2D eigenvalue weighted by Crippen LogP contribution is 2.17. The fraction of sp³-hybridized carbons (Fsp3) is 0. The van der Waals surface area contributed by atoms with Crippen molar-refractivity contribution in [2.45, 2.75) is 0 Å². The summed E-state index contributed by atoms with van der Waals surface area (Å²) in [6, 6.07) is 8.46. The van der Waals surface area contributed by atoms with Crippen molar-refractivity contribution in [1.29, 1.82) is 0 Å². The molecule has 0 amide bonds. The van der Waals surface area contributed by atoms with Gasteiger partial charge in [-0.3, -0.25) is 10.1 Å². The number of nitrogens with one attached hydrogen (secondary N) is 1. The molecule has 0 radical (unpaired) electrons. The molecule has 0 aliphatic heterocycles. The molecular formula is C13H10N6O2. The molecular weight excluding hydrogens is 272 g/mol. The molecule has 0 bridgehead atoms. The average Bonchev–Trinajstić information content (AvgIpc) is 2.97. The van der Waals surface area contributed by atoms with Gasteiger partial charge in [0.2, 0.25) is 0 Å². The third-order valence-electron chi connectivity index (χ3n) is 2.70. The minimum absolute atomic E-state index is 0.0512. The van der Waals surface area contributed by atoms with E-state index in [1.807, 2.05) is 18.2 Å². The van der Waals surface area contributed by atoms with E-state index in [4.69, 9.17) is 0 Å². The van der Waals surface area contributed by atoms with Crippen molar-refractivity contribution < 1.29 is 4.92 Å². The summed E-state index contributed by atoms with van der Waals surface area (Å²) in [5, 5.41) is 17.8. The monoisotopic (exact) mass is 282 g/mol. The molecule has 8 nitrogen and oxygen atoms in total. The third-order valence-corrected chi connectivity index (χ3v) is 2.70. The minimum atomic E-state index is -0.490. The van der Waals surface area contributed by atoms with Gasteiger partial charge in [-0.25, -0.2) is 14.6 Å². The van der Waals surface area contributed by atoms with Crippen molar-refractivity contribution in [2.24, 2.45) is 0 Å². The second-order valence-electron chi connectivity index (χ2n) is 4.15. The first-order valence-corrected chi connectivity index (χ1v) is 6.06. The Morgan fingerprint density at radius 2 is 2.05 bits per heavy atom. The lowest BCUT2D eigenvalue weighted by molar-refractivity contribution is -0.385. The van der Waals surface area contributed by atoms with Crippen molar-refractivity contribution in [3.05, 3.63) is 65.2 Å². The maximum Gasteiger partial charge on any atom is 0.287 e. The van der Waals surface area contributed by atoms with Crippen LogP contribution in [0, 0.1) is 10.1 Å². The SMILES string of the molecule is O=[N+]([O-])c1ccc(Nc2cnn(-c3ccccn3)c2)nc1. The van der Waals surface area contributed by atoms with Crippen LogP contribution in [0.4, 0.5) is 17.2 Å². The van der Waals surface area contributed by atoms with Gasteiger partial charge in [-0.05, 0) is 18.2 Å². The van der Waals surface area contributed by atoms with Crippen LogP contribution in [-0.4, -0.2) is 24.7 Å². The predicted molar refractivity (Wildman–Crippen MR) is 75.5 cm³/mol. The molecule has 0 spiro atoms. The van der Waals surface area contributed by atoms with Gasteiger partial charge in [-0.15, -0.1) is 0 Å². The summed E-state index contributed by atoms with van der Waals surface area (Å²) >= 11 is 0. The van der Waals surface area contributed by atoms with Crippen LogP contribution in [0.5, 0.6) is 0 Å². The largest absolute Gasteiger partial charge is 0.338 e. The summed E-state index contributed by atoms with van der Waals surface area (Å²) in [7, 11) is 0. The van der Waals surface area contributed by atoms with Crippen LogP contribution in [0.1, 0.15) is 0 Å². The number of aromatic nitrogens is 4. The normalized spacial score (nSPS) is 10.3. The number of nitro groups is 1. The molecule has 0 atom stereocenters. The molecule has 3 heterocycles. The van der Waals surface area contributed by atoms with Gasteiger partial charge in [0.05, 0.1) is 23.0 Å². The molecule has 0 aromatic carbocycles. The fourth-order valence-electron chi connectivity index (χ4n) is 1.72. The van der Waals surface area contributed by atoms with Crippen LogP contribution < -0.4 is 5.32 Å². The number of hydrogen-bond donors (Lipinski definition) is 1. The average molecular weight is 282 g/mol. The topological polar surface area (TPSA) is 98.8 Å². The summed E-state index contributed by atoms with van der Waals surface area (Å²) in [6.45, 7) is 0. The Morgan fingerprint density at radius 3 is 2.71 bits per heavy atom. The Kier molecular flexibility index (Phi) is 3.26. The quantitative estimate of drug-likeness (QED) is 0.582. The van der Waals surface area contributed by atoms with Crippen LogP contribution in [0.3, 0.4) is 0 Å². The van der Waals surface area contributed by atoms with E-state index in [2.05, 4.69) is 20.4 Å². The number of pyridine rings is 2. The van der Waals surface area contributed by atoms with Crippen LogP contribution in [0.2, 0.25) is 0 Å². The van der Waals surface area contributed by atoms with Crippen molar-refractivity contribution in [3.8, 4) is 5.82 Å². The molecule has 0 saturated carbocycles. The van der Waals surface area contributed by atoms with Gasteiger partial charge in [0.15, 0.2) is 5.82 Å². The van der Waals surface area contributed by atoms with E-state index in [0.29, 0.717) is 17.3 Å². The molecule has 3 aromatic heterocycles. The molecule has 3 aromatic rings. The van der Waals surface area contributed by atoms with Gasteiger partial charge in [0, 0.05) is 12.3 Å². The molecule has 0 fully saturated rings. The number of anilines is 2. The first kappa shape index (κ1) is 12.7. The zero-order valence-corrected chi connectivity index (χ0v) is 10.7. The summed E-state index contributed by atoms with van der Waals surface area (Å²) in [5.41, 5.74) is 0.659. The predicted octanol–water partition coefficient (Wildman–Crippen LogP) is 2.31. The first-order chi connectivity index (χ1) is 10.2. The smallest absolute Gasteiger partial charge is 0.287 e.